The lowest BCUT2D eigenvalue weighted by molar-refractivity contribution is -0.141. The van der Waals surface area contributed by atoms with Crippen molar-refractivity contribution in [2.45, 2.75) is 24.0 Å². The van der Waals surface area contributed by atoms with Crippen molar-refractivity contribution in [1.29, 1.82) is 0 Å². The number of aromatic nitrogens is 2. The first-order valence-electron chi connectivity index (χ1n) is 6.39. The number of carbonyl (C=O) groups excluding carboxylic acids is 1. The van der Waals surface area contributed by atoms with E-state index < -0.39 is 23.8 Å². The molecule has 1 N–H and O–H groups in total. The Bertz CT molecular complexity index is 669. The second-order valence-electron chi connectivity index (χ2n) is 4.54. The second-order valence-corrected chi connectivity index (χ2v) is 5.39. The van der Waals surface area contributed by atoms with Crippen LogP contribution >= 0.6 is 11.8 Å². The fourth-order valence-corrected chi connectivity index (χ4v) is 2.36. The Morgan fingerprint density at radius 2 is 2.00 bits per heavy atom. The third-order valence-electron chi connectivity index (χ3n) is 3.04. The molecular formula is C14H14F3N3OS. The first-order chi connectivity index (χ1) is 10.3. The third-order valence-corrected chi connectivity index (χ3v) is 3.84. The van der Waals surface area contributed by atoms with E-state index in [9.17, 15) is 18.0 Å². The highest BCUT2D eigenvalue weighted by molar-refractivity contribution is 7.98. The number of anilines is 1. The van der Waals surface area contributed by atoms with Crippen LogP contribution in [-0.4, -0.2) is 21.9 Å². The third kappa shape index (κ3) is 3.62. The topological polar surface area (TPSA) is 46.9 Å². The lowest BCUT2D eigenvalue weighted by Gasteiger charge is -2.14. The van der Waals surface area contributed by atoms with Gasteiger partial charge in [-0.2, -0.15) is 18.3 Å². The van der Waals surface area contributed by atoms with Gasteiger partial charge in [0.25, 0.3) is 0 Å². The molecule has 1 unspecified atom stereocenters. The molecule has 1 atom stereocenters. The van der Waals surface area contributed by atoms with Crippen LogP contribution in [0.4, 0.5) is 18.9 Å². The Balaban J connectivity index is 2.14. The number of nitrogens with one attached hydrogen (secondary N) is 1. The van der Waals surface area contributed by atoms with E-state index in [0.717, 1.165) is 21.8 Å². The lowest BCUT2D eigenvalue weighted by Crippen LogP contribution is -2.24. The van der Waals surface area contributed by atoms with Crippen LogP contribution in [0.2, 0.25) is 0 Å². The van der Waals surface area contributed by atoms with Gasteiger partial charge in [-0.25, -0.2) is 0 Å². The second kappa shape index (κ2) is 6.43. The quantitative estimate of drug-likeness (QED) is 0.868. The minimum Gasteiger partial charge on any atom is -0.323 e. The van der Waals surface area contributed by atoms with Gasteiger partial charge in [-0.3, -0.25) is 9.48 Å². The largest absolute Gasteiger partial charge is 0.435 e. The molecule has 0 spiro atoms. The van der Waals surface area contributed by atoms with Crippen LogP contribution in [0.5, 0.6) is 0 Å². The van der Waals surface area contributed by atoms with Gasteiger partial charge in [0.05, 0.1) is 5.69 Å². The predicted octanol–water partition coefficient (Wildman–Crippen LogP) is 3.82. The van der Waals surface area contributed by atoms with Gasteiger partial charge in [0.15, 0.2) is 5.69 Å². The normalized spacial score (nSPS) is 13.0. The summed E-state index contributed by atoms with van der Waals surface area (Å²) < 4.78 is 38.6. The minimum atomic E-state index is -4.52. The number of halogens is 3. The van der Waals surface area contributed by atoms with Gasteiger partial charge in [-0.05, 0) is 31.4 Å². The van der Waals surface area contributed by atoms with E-state index in [1.54, 1.807) is 12.1 Å². The number of carbonyl (C=O) groups is 1. The van der Waals surface area contributed by atoms with Crippen molar-refractivity contribution < 1.29 is 18.0 Å². The highest BCUT2D eigenvalue weighted by atomic mass is 32.2. The van der Waals surface area contributed by atoms with Crippen molar-refractivity contribution in [3.63, 3.8) is 0 Å². The standard InChI is InChI=1S/C14H14F3N3OS/c1-9(20-8-7-12(19-20)14(15,16)17)13(21)18-10-5-3-4-6-11(10)22-2/h3-9H,1-2H3,(H,18,21). The zero-order valence-corrected chi connectivity index (χ0v) is 12.7. The van der Waals surface area contributed by atoms with Crippen LogP contribution in [0, 0.1) is 0 Å². The molecule has 1 heterocycles. The fourth-order valence-electron chi connectivity index (χ4n) is 1.81. The lowest BCUT2D eigenvalue weighted by atomic mass is 10.2. The Labute approximate surface area is 129 Å². The molecule has 4 nitrogen and oxygen atoms in total. The number of thioether (sulfide) groups is 1. The molecule has 0 bridgehead atoms. The zero-order chi connectivity index (χ0) is 16.3. The summed E-state index contributed by atoms with van der Waals surface area (Å²) in [6, 6.07) is 7.19. The first-order valence-corrected chi connectivity index (χ1v) is 7.61. The molecule has 8 heteroatoms. The van der Waals surface area contributed by atoms with Crippen LogP contribution in [0.3, 0.4) is 0 Å². The number of hydrogen-bond donors (Lipinski definition) is 1. The molecule has 1 aromatic carbocycles. The Hall–Kier alpha value is -1.96. The van der Waals surface area contributed by atoms with Gasteiger partial charge in [0, 0.05) is 11.1 Å². The van der Waals surface area contributed by atoms with E-state index in [0.29, 0.717) is 5.69 Å². The maximum atomic E-state index is 12.5. The zero-order valence-electron chi connectivity index (χ0n) is 11.9. The van der Waals surface area contributed by atoms with Crippen molar-refractivity contribution in [3.8, 4) is 0 Å². The number of rotatable bonds is 4. The number of hydrogen-bond acceptors (Lipinski definition) is 3. The molecular weight excluding hydrogens is 315 g/mol. The average molecular weight is 329 g/mol. The maximum Gasteiger partial charge on any atom is 0.435 e. The summed E-state index contributed by atoms with van der Waals surface area (Å²) in [5, 5.41) is 6.12. The molecule has 0 saturated carbocycles. The van der Waals surface area contributed by atoms with E-state index in [1.807, 2.05) is 18.4 Å². The molecule has 0 aliphatic carbocycles. The molecule has 0 aliphatic rings. The van der Waals surface area contributed by atoms with Crippen LogP contribution < -0.4 is 5.32 Å². The number of para-hydroxylation sites is 1. The SMILES string of the molecule is CSc1ccccc1NC(=O)C(C)n1ccc(C(F)(F)F)n1. The van der Waals surface area contributed by atoms with Crippen LogP contribution in [0.1, 0.15) is 18.7 Å². The van der Waals surface area contributed by atoms with Crippen molar-refractivity contribution in [2.75, 3.05) is 11.6 Å². The molecule has 1 aromatic heterocycles. The Morgan fingerprint density at radius 1 is 1.32 bits per heavy atom. The molecule has 1 amide bonds. The summed E-state index contributed by atoms with van der Waals surface area (Å²) in [4.78, 5) is 13.1. The van der Waals surface area contributed by atoms with Gasteiger partial charge < -0.3 is 5.32 Å². The summed E-state index contributed by atoms with van der Waals surface area (Å²) in [5.74, 6) is -0.432. The van der Waals surface area contributed by atoms with E-state index in [4.69, 9.17) is 0 Å². The molecule has 2 aromatic rings. The van der Waals surface area contributed by atoms with Crippen molar-refractivity contribution in [1.82, 2.24) is 9.78 Å². The molecule has 2 rings (SSSR count). The van der Waals surface area contributed by atoms with Gasteiger partial charge in [0.1, 0.15) is 6.04 Å². The van der Waals surface area contributed by atoms with E-state index in [2.05, 4.69) is 10.4 Å². The average Bonchev–Trinajstić information content (AvgIpc) is 2.96. The van der Waals surface area contributed by atoms with E-state index >= 15 is 0 Å². The monoisotopic (exact) mass is 329 g/mol. The molecule has 118 valence electrons. The van der Waals surface area contributed by atoms with E-state index in [1.165, 1.54) is 18.7 Å². The van der Waals surface area contributed by atoms with Crippen LogP contribution in [-0.2, 0) is 11.0 Å². The summed E-state index contributed by atoms with van der Waals surface area (Å²) >= 11 is 1.47. The van der Waals surface area contributed by atoms with Crippen molar-refractivity contribution in [2.24, 2.45) is 0 Å². The smallest absolute Gasteiger partial charge is 0.323 e. The minimum absolute atomic E-state index is 0.432. The number of alkyl halides is 3. The Kier molecular flexibility index (Phi) is 4.80. The van der Waals surface area contributed by atoms with Gasteiger partial charge in [-0.1, -0.05) is 12.1 Å². The van der Waals surface area contributed by atoms with Crippen LogP contribution in [0.25, 0.3) is 0 Å². The molecule has 0 aliphatic heterocycles. The van der Waals surface area contributed by atoms with Gasteiger partial charge in [-0.15, -0.1) is 11.8 Å². The molecule has 0 radical (unpaired) electrons. The first kappa shape index (κ1) is 16.4. The molecule has 0 fully saturated rings. The summed E-state index contributed by atoms with van der Waals surface area (Å²) in [6.45, 7) is 1.49. The van der Waals surface area contributed by atoms with E-state index in [-0.39, 0.29) is 0 Å². The predicted molar refractivity (Wildman–Crippen MR) is 78.8 cm³/mol. The highest BCUT2D eigenvalue weighted by Crippen LogP contribution is 2.28. The molecule has 22 heavy (non-hydrogen) atoms. The van der Waals surface area contributed by atoms with Crippen molar-refractivity contribution >= 4 is 23.4 Å². The molecule has 0 saturated heterocycles. The highest BCUT2D eigenvalue weighted by Gasteiger charge is 2.34. The summed E-state index contributed by atoms with van der Waals surface area (Å²) in [5.41, 5.74) is -0.397. The van der Waals surface area contributed by atoms with Gasteiger partial charge in [0.2, 0.25) is 5.91 Å². The summed E-state index contributed by atoms with van der Waals surface area (Å²) in [6.07, 6.45) is -1.50. The fraction of sp³-hybridized carbons (Fsp3) is 0.286. The Morgan fingerprint density at radius 3 is 2.59 bits per heavy atom. The van der Waals surface area contributed by atoms with Crippen molar-refractivity contribution in [3.05, 3.63) is 42.2 Å². The van der Waals surface area contributed by atoms with Crippen LogP contribution in [0.15, 0.2) is 41.4 Å². The number of nitrogens with zero attached hydrogens (tertiary/aromatic N) is 2. The van der Waals surface area contributed by atoms with Gasteiger partial charge >= 0.3 is 6.18 Å². The number of amides is 1. The maximum absolute atomic E-state index is 12.5. The summed E-state index contributed by atoms with van der Waals surface area (Å²) in [7, 11) is 0. The number of benzene rings is 1.